The first kappa shape index (κ1) is 9.33. The number of para-hydroxylation sites is 1. The third-order valence-corrected chi connectivity index (χ3v) is 2.43. The summed E-state index contributed by atoms with van der Waals surface area (Å²) < 4.78 is 5.63. The van der Waals surface area contributed by atoms with Crippen LogP contribution in [0.2, 0.25) is 19.6 Å². The first-order valence-corrected chi connectivity index (χ1v) is 7.96. The van der Waals surface area contributed by atoms with E-state index in [1.165, 1.54) is 0 Å². The molecule has 1 nitrogen and oxygen atoms in total. The highest BCUT2D eigenvalue weighted by atomic mass is 28.3. The molecule has 0 amide bonds. The van der Waals surface area contributed by atoms with Gasteiger partial charge in [-0.2, -0.15) is 0 Å². The Bertz CT molecular complexity index is 225. The van der Waals surface area contributed by atoms with Crippen molar-refractivity contribution in [1.82, 2.24) is 0 Å². The average Bonchev–Trinajstić information content (AvgIpc) is 2.02. The van der Waals surface area contributed by atoms with E-state index in [0.717, 1.165) is 12.0 Å². The monoisotopic (exact) mass is 180 g/mol. The van der Waals surface area contributed by atoms with Crippen LogP contribution in [0.3, 0.4) is 0 Å². The van der Waals surface area contributed by atoms with Gasteiger partial charge in [0.05, 0.1) is 14.3 Å². The van der Waals surface area contributed by atoms with Gasteiger partial charge < -0.3 is 4.74 Å². The third-order valence-electron chi connectivity index (χ3n) is 1.42. The molecule has 0 N–H and O–H groups in total. The maximum absolute atomic E-state index is 5.63. The molecule has 0 bridgehead atoms. The van der Waals surface area contributed by atoms with Crippen LogP contribution in [0.1, 0.15) is 0 Å². The molecule has 0 atom stereocenters. The van der Waals surface area contributed by atoms with Crippen LogP contribution in [-0.4, -0.2) is 14.3 Å². The van der Waals surface area contributed by atoms with Crippen molar-refractivity contribution >= 4 is 8.07 Å². The minimum absolute atomic E-state index is 0.900. The Morgan fingerprint density at radius 1 is 1.08 bits per heavy atom. The van der Waals surface area contributed by atoms with Crippen LogP contribution in [0.25, 0.3) is 0 Å². The lowest BCUT2D eigenvalue weighted by atomic mass is 10.3. The molecule has 0 aliphatic rings. The molecule has 0 aliphatic heterocycles. The number of ether oxygens (including phenoxy) is 1. The Balaban J connectivity index is 2.44. The largest absolute Gasteiger partial charge is 0.497 e. The van der Waals surface area contributed by atoms with Gasteiger partial charge in [-0.05, 0) is 12.1 Å². The predicted octanol–water partition coefficient (Wildman–Crippen LogP) is 2.94. The number of rotatable bonds is 3. The molecule has 0 aromatic heterocycles. The summed E-state index contributed by atoms with van der Waals surface area (Å²) in [4.78, 5) is 0. The normalized spacial score (nSPS) is 11.2. The molecule has 0 fully saturated rings. The Morgan fingerprint density at radius 2 is 1.67 bits per heavy atom. The van der Waals surface area contributed by atoms with Crippen molar-refractivity contribution < 1.29 is 4.74 Å². The van der Waals surface area contributed by atoms with Gasteiger partial charge in [0.2, 0.25) is 0 Å². The predicted molar refractivity (Wildman–Crippen MR) is 55.3 cm³/mol. The van der Waals surface area contributed by atoms with Gasteiger partial charge in [-0.15, -0.1) is 0 Å². The third kappa shape index (κ3) is 3.58. The molecule has 1 aromatic rings. The highest BCUT2D eigenvalue weighted by Gasteiger charge is 2.13. The molecule has 66 valence electrons. The molecule has 1 aromatic carbocycles. The van der Waals surface area contributed by atoms with E-state index in [4.69, 9.17) is 4.74 Å². The highest BCUT2D eigenvalue weighted by Crippen LogP contribution is 2.10. The molecule has 12 heavy (non-hydrogen) atoms. The molecule has 0 radical (unpaired) electrons. The van der Waals surface area contributed by atoms with Gasteiger partial charge >= 0.3 is 0 Å². The van der Waals surface area contributed by atoms with Crippen LogP contribution in [0.15, 0.2) is 30.3 Å². The summed E-state index contributed by atoms with van der Waals surface area (Å²) in [6.07, 6.45) is 0.900. The highest BCUT2D eigenvalue weighted by molar-refractivity contribution is 6.76. The van der Waals surface area contributed by atoms with Gasteiger partial charge in [-0.1, -0.05) is 37.8 Å². The maximum atomic E-state index is 5.63. The summed E-state index contributed by atoms with van der Waals surface area (Å²) in [6.45, 7) is 6.90. The van der Waals surface area contributed by atoms with Gasteiger partial charge in [0.15, 0.2) is 0 Å². The van der Waals surface area contributed by atoms with Crippen LogP contribution in [0.4, 0.5) is 0 Å². The van der Waals surface area contributed by atoms with E-state index in [1.807, 2.05) is 30.3 Å². The van der Waals surface area contributed by atoms with Crippen LogP contribution in [-0.2, 0) is 0 Å². The van der Waals surface area contributed by atoms with Gasteiger partial charge in [-0.3, -0.25) is 0 Å². The number of hydrogen-bond donors (Lipinski definition) is 0. The van der Waals surface area contributed by atoms with E-state index >= 15 is 0 Å². The lowest BCUT2D eigenvalue weighted by Crippen LogP contribution is -2.29. The minimum Gasteiger partial charge on any atom is -0.497 e. The van der Waals surface area contributed by atoms with Crippen molar-refractivity contribution in [3.05, 3.63) is 30.3 Å². The molecular weight excluding hydrogens is 164 g/mol. The Hall–Kier alpha value is -0.763. The Kier molecular flexibility index (Phi) is 2.92. The zero-order valence-electron chi connectivity index (χ0n) is 8.00. The van der Waals surface area contributed by atoms with Gasteiger partial charge in [-0.25, -0.2) is 0 Å². The molecule has 0 aliphatic carbocycles. The van der Waals surface area contributed by atoms with Crippen molar-refractivity contribution in [2.45, 2.75) is 19.6 Å². The lowest BCUT2D eigenvalue weighted by Gasteiger charge is -2.16. The summed E-state index contributed by atoms with van der Waals surface area (Å²) >= 11 is 0. The molecule has 0 saturated heterocycles. The summed E-state index contributed by atoms with van der Waals surface area (Å²) in [5, 5.41) is 0. The topological polar surface area (TPSA) is 9.23 Å². The zero-order chi connectivity index (χ0) is 9.03. The SMILES string of the molecule is C[Si](C)(C)COc1ccccc1. The van der Waals surface area contributed by atoms with Gasteiger partial charge in [0.1, 0.15) is 5.75 Å². The quantitative estimate of drug-likeness (QED) is 0.650. The lowest BCUT2D eigenvalue weighted by molar-refractivity contribution is 0.378. The van der Waals surface area contributed by atoms with E-state index in [-0.39, 0.29) is 0 Å². The first-order valence-electron chi connectivity index (χ1n) is 4.26. The second-order valence-corrected chi connectivity index (χ2v) is 9.57. The van der Waals surface area contributed by atoms with Crippen molar-refractivity contribution in [2.24, 2.45) is 0 Å². The zero-order valence-corrected chi connectivity index (χ0v) is 9.00. The molecule has 1 rings (SSSR count). The van der Waals surface area contributed by atoms with E-state index in [2.05, 4.69) is 19.6 Å². The number of benzene rings is 1. The van der Waals surface area contributed by atoms with Crippen LogP contribution in [0, 0.1) is 0 Å². The summed E-state index contributed by atoms with van der Waals surface area (Å²) in [5.74, 6) is 0.986. The summed E-state index contributed by atoms with van der Waals surface area (Å²) in [7, 11) is -1.06. The number of hydrogen-bond acceptors (Lipinski definition) is 1. The molecular formula is C10H16OSi. The summed E-state index contributed by atoms with van der Waals surface area (Å²) in [6, 6.07) is 10.0. The fourth-order valence-electron chi connectivity index (χ4n) is 0.817. The van der Waals surface area contributed by atoms with Crippen molar-refractivity contribution in [3.63, 3.8) is 0 Å². The maximum Gasteiger partial charge on any atom is 0.118 e. The molecule has 0 unspecified atom stereocenters. The minimum atomic E-state index is -1.06. The van der Waals surface area contributed by atoms with E-state index < -0.39 is 8.07 Å². The van der Waals surface area contributed by atoms with Crippen LogP contribution < -0.4 is 4.74 Å². The Labute approximate surface area is 75.4 Å². The van der Waals surface area contributed by atoms with E-state index in [9.17, 15) is 0 Å². The van der Waals surface area contributed by atoms with E-state index in [1.54, 1.807) is 0 Å². The first-order chi connectivity index (χ1) is 5.58. The standard InChI is InChI=1S/C10H16OSi/c1-12(2,3)9-11-10-7-5-4-6-8-10/h4-8H,9H2,1-3H3. The Morgan fingerprint density at radius 3 is 2.17 bits per heavy atom. The van der Waals surface area contributed by atoms with E-state index in [0.29, 0.717) is 0 Å². The van der Waals surface area contributed by atoms with Crippen molar-refractivity contribution in [2.75, 3.05) is 6.23 Å². The second kappa shape index (κ2) is 3.76. The fourth-order valence-corrected chi connectivity index (χ4v) is 1.42. The molecule has 0 spiro atoms. The summed E-state index contributed by atoms with van der Waals surface area (Å²) in [5.41, 5.74) is 0. The van der Waals surface area contributed by atoms with Gasteiger partial charge in [0, 0.05) is 0 Å². The smallest absolute Gasteiger partial charge is 0.118 e. The molecule has 2 heteroatoms. The van der Waals surface area contributed by atoms with Crippen molar-refractivity contribution in [3.8, 4) is 5.75 Å². The molecule has 0 heterocycles. The fraction of sp³-hybridized carbons (Fsp3) is 0.400. The average molecular weight is 180 g/mol. The van der Waals surface area contributed by atoms with Crippen LogP contribution >= 0.6 is 0 Å². The second-order valence-electron chi connectivity index (χ2n) is 4.16. The van der Waals surface area contributed by atoms with Crippen molar-refractivity contribution in [1.29, 1.82) is 0 Å². The molecule has 0 saturated carbocycles. The van der Waals surface area contributed by atoms with Crippen LogP contribution in [0.5, 0.6) is 5.75 Å². The van der Waals surface area contributed by atoms with Gasteiger partial charge in [0.25, 0.3) is 0 Å².